The molecule has 32 heavy (non-hydrogen) atoms. The normalized spacial score (nSPS) is 11.3. The lowest BCUT2D eigenvalue weighted by Crippen LogP contribution is -2.25. The third-order valence-electron chi connectivity index (χ3n) is 4.89. The Morgan fingerprint density at radius 1 is 1.16 bits per heavy atom. The number of rotatable bonds is 6. The molecule has 0 radical (unpaired) electrons. The molecule has 168 valence electrons. The van der Waals surface area contributed by atoms with Crippen molar-refractivity contribution in [1.82, 2.24) is 15.1 Å². The molecule has 0 saturated carbocycles. The fourth-order valence-electron chi connectivity index (χ4n) is 3.30. The highest BCUT2D eigenvalue weighted by molar-refractivity contribution is 6.03. The smallest absolute Gasteiger partial charge is 0.255 e. The predicted molar refractivity (Wildman–Crippen MR) is 120 cm³/mol. The minimum atomic E-state index is -0.659. The molecule has 9 heteroatoms. The van der Waals surface area contributed by atoms with Crippen LogP contribution < -0.4 is 21.5 Å². The van der Waals surface area contributed by atoms with E-state index in [2.05, 4.69) is 10.4 Å². The molecule has 0 bridgehead atoms. The number of nitrogens with zero attached hydrogens (tertiary/aromatic N) is 2. The summed E-state index contributed by atoms with van der Waals surface area (Å²) in [5.41, 5.74) is 13.4. The monoisotopic (exact) mass is 439 g/mol. The largest absolute Gasteiger partial charge is 0.496 e. The summed E-state index contributed by atoms with van der Waals surface area (Å²) in [4.78, 5) is 24.5. The van der Waals surface area contributed by atoms with E-state index in [1.807, 2.05) is 20.8 Å². The van der Waals surface area contributed by atoms with Crippen LogP contribution in [0.2, 0.25) is 0 Å². The number of carbonyl (C=O) groups excluding carboxylic acids is 2. The Morgan fingerprint density at radius 3 is 2.38 bits per heavy atom. The Kier molecular flexibility index (Phi) is 6.20. The topological polar surface area (TPSA) is 125 Å². The highest BCUT2D eigenvalue weighted by atomic mass is 19.1. The Morgan fingerprint density at radius 2 is 1.81 bits per heavy atom. The number of anilines is 1. The summed E-state index contributed by atoms with van der Waals surface area (Å²) >= 11 is 0. The number of hydrogen-bond donors (Lipinski definition) is 3. The highest BCUT2D eigenvalue weighted by Gasteiger charge is 2.26. The van der Waals surface area contributed by atoms with Crippen LogP contribution in [0.15, 0.2) is 42.5 Å². The minimum absolute atomic E-state index is 0.110. The Hall–Kier alpha value is -3.88. The average Bonchev–Trinajstić information content (AvgIpc) is 3.10. The van der Waals surface area contributed by atoms with Gasteiger partial charge in [-0.15, -0.1) is 0 Å². The van der Waals surface area contributed by atoms with Crippen molar-refractivity contribution in [3.05, 3.63) is 65.0 Å². The number of ether oxygens (including phenoxy) is 1. The van der Waals surface area contributed by atoms with Crippen LogP contribution in [0.25, 0.3) is 11.3 Å². The molecule has 2 aromatic carbocycles. The van der Waals surface area contributed by atoms with Crippen LogP contribution in [0.4, 0.5) is 10.2 Å². The number of primary amides is 1. The van der Waals surface area contributed by atoms with E-state index in [1.165, 1.54) is 19.2 Å². The van der Waals surface area contributed by atoms with Gasteiger partial charge < -0.3 is 21.5 Å². The maximum atomic E-state index is 13.5. The lowest BCUT2D eigenvalue weighted by Gasteiger charge is -2.20. The van der Waals surface area contributed by atoms with Gasteiger partial charge in [-0.05, 0) is 44.5 Å². The van der Waals surface area contributed by atoms with Gasteiger partial charge in [0.2, 0.25) is 0 Å². The Labute approximate surface area is 185 Å². The molecule has 3 rings (SSSR count). The van der Waals surface area contributed by atoms with Crippen LogP contribution in [0, 0.1) is 5.82 Å². The first-order valence-corrected chi connectivity index (χ1v) is 9.92. The third-order valence-corrected chi connectivity index (χ3v) is 4.89. The van der Waals surface area contributed by atoms with Crippen LogP contribution >= 0.6 is 0 Å². The van der Waals surface area contributed by atoms with Gasteiger partial charge in [0.25, 0.3) is 11.8 Å². The van der Waals surface area contributed by atoms with Gasteiger partial charge in [0, 0.05) is 12.1 Å². The number of nitrogen functional groups attached to an aromatic ring is 1. The van der Waals surface area contributed by atoms with Crippen molar-refractivity contribution in [3.63, 3.8) is 0 Å². The van der Waals surface area contributed by atoms with Crippen molar-refractivity contribution in [1.29, 1.82) is 0 Å². The van der Waals surface area contributed by atoms with E-state index < -0.39 is 23.2 Å². The van der Waals surface area contributed by atoms with E-state index in [0.29, 0.717) is 11.3 Å². The molecule has 0 aliphatic rings. The first kappa shape index (κ1) is 22.8. The van der Waals surface area contributed by atoms with Gasteiger partial charge >= 0.3 is 0 Å². The number of methoxy groups -OCH3 is 1. The summed E-state index contributed by atoms with van der Waals surface area (Å²) < 4.78 is 20.2. The molecule has 1 aromatic heterocycles. The first-order chi connectivity index (χ1) is 15.0. The molecular formula is C23H26FN5O3. The molecule has 0 aliphatic heterocycles. The molecule has 1 heterocycles. The standard InChI is InChI=1S/C23H26FN5O3/c1-23(2,3)29-20(25)18(21(26)30)19(28-29)14-7-5-13(6-8-14)12-27-22(31)16-11-15(24)9-10-17(16)32-4/h5-11H,12,25H2,1-4H3,(H2,26,30)(H,27,31). The number of halogens is 1. The number of amides is 2. The van der Waals surface area contributed by atoms with Crippen molar-refractivity contribution in [2.24, 2.45) is 5.73 Å². The summed E-state index contributed by atoms with van der Waals surface area (Å²) in [6, 6.07) is 10.9. The fourth-order valence-corrected chi connectivity index (χ4v) is 3.30. The molecule has 0 spiro atoms. The second-order valence-electron chi connectivity index (χ2n) is 8.28. The van der Waals surface area contributed by atoms with E-state index in [0.717, 1.165) is 11.6 Å². The molecule has 0 saturated heterocycles. The Bertz CT molecular complexity index is 1160. The van der Waals surface area contributed by atoms with Gasteiger partial charge in [-0.25, -0.2) is 9.07 Å². The number of nitrogens with two attached hydrogens (primary N) is 2. The SMILES string of the molecule is COc1ccc(F)cc1C(=O)NCc1ccc(-c2nn(C(C)(C)C)c(N)c2C(N)=O)cc1. The van der Waals surface area contributed by atoms with Crippen molar-refractivity contribution >= 4 is 17.6 Å². The van der Waals surface area contributed by atoms with Crippen LogP contribution in [-0.2, 0) is 12.1 Å². The zero-order valence-corrected chi connectivity index (χ0v) is 18.4. The van der Waals surface area contributed by atoms with E-state index >= 15 is 0 Å². The summed E-state index contributed by atoms with van der Waals surface area (Å²) in [6.07, 6.45) is 0. The molecule has 8 nitrogen and oxygen atoms in total. The molecule has 3 aromatic rings. The van der Waals surface area contributed by atoms with Crippen LogP contribution in [0.5, 0.6) is 5.75 Å². The van der Waals surface area contributed by atoms with Gasteiger partial charge in [-0.3, -0.25) is 9.59 Å². The fraction of sp³-hybridized carbons (Fsp3) is 0.261. The number of aromatic nitrogens is 2. The summed E-state index contributed by atoms with van der Waals surface area (Å²) in [5.74, 6) is -1.16. The van der Waals surface area contributed by atoms with E-state index in [4.69, 9.17) is 16.2 Å². The van der Waals surface area contributed by atoms with Gasteiger partial charge in [-0.1, -0.05) is 24.3 Å². The van der Waals surface area contributed by atoms with Crippen LogP contribution in [0.3, 0.4) is 0 Å². The summed E-state index contributed by atoms with van der Waals surface area (Å²) in [7, 11) is 1.41. The zero-order chi connectivity index (χ0) is 23.6. The summed E-state index contributed by atoms with van der Waals surface area (Å²) in [5, 5.41) is 7.25. The van der Waals surface area contributed by atoms with E-state index in [1.54, 1.807) is 28.9 Å². The van der Waals surface area contributed by atoms with Crippen LogP contribution in [0.1, 0.15) is 47.1 Å². The maximum Gasteiger partial charge on any atom is 0.255 e. The van der Waals surface area contributed by atoms with Crippen molar-refractivity contribution in [2.75, 3.05) is 12.8 Å². The van der Waals surface area contributed by atoms with E-state index in [9.17, 15) is 14.0 Å². The third kappa shape index (κ3) is 4.56. The van der Waals surface area contributed by atoms with Gasteiger partial charge in [0.1, 0.15) is 28.6 Å². The zero-order valence-electron chi connectivity index (χ0n) is 18.4. The highest BCUT2D eigenvalue weighted by Crippen LogP contribution is 2.31. The molecule has 0 atom stereocenters. The number of hydrogen-bond acceptors (Lipinski definition) is 5. The lowest BCUT2D eigenvalue weighted by atomic mass is 10.0. The minimum Gasteiger partial charge on any atom is -0.496 e. The molecule has 5 N–H and O–H groups in total. The first-order valence-electron chi connectivity index (χ1n) is 9.92. The maximum absolute atomic E-state index is 13.5. The quantitative estimate of drug-likeness (QED) is 0.544. The molecular weight excluding hydrogens is 413 g/mol. The second-order valence-corrected chi connectivity index (χ2v) is 8.28. The van der Waals surface area contributed by atoms with Crippen LogP contribution in [-0.4, -0.2) is 28.7 Å². The van der Waals surface area contributed by atoms with Crippen molar-refractivity contribution in [2.45, 2.75) is 32.9 Å². The molecule has 2 amide bonds. The lowest BCUT2D eigenvalue weighted by molar-refractivity contribution is 0.0946. The summed E-state index contributed by atoms with van der Waals surface area (Å²) in [6.45, 7) is 5.97. The van der Waals surface area contributed by atoms with Crippen molar-refractivity contribution < 1.29 is 18.7 Å². The van der Waals surface area contributed by atoms with Gasteiger partial charge in [0.05, 0.1) is 18.2 Å². The van der Waals surface area contributed by atoms with Gasteiger partial charge in [0.15, 0.2) is 0 Å². The van der Waals surface area contributed by atoms with E-state index in [-0.39, 0.29) is 29.2 Å². The van der Waals surface area contributed by atoms with Gasteiger partial charge in [-0.2, -0.15) is 5.10 Å². The molecule has 0 aliphatic carbocycles. The number of carbonyl (C=O) groups is 2. The molecule has 0 unspecified atom stereocenters. The Balaban J connectivity index is 1.81. The number of benzene rings is 2. The number of nitrogens with one attached hydrogen (secondary N) is 1. The molecule has 0 fully saturated rings. The second kappa shape index (κ2) is 8.70. The predicted octanol–water partition coefficient (Wildman–Crippen LogP) is 3.06. The average molecular weight is 439 g/mol. The van der Waals surface area contributed by atoms with Crippen molar-refractivity contribution in [3.8, 4) is 17.0 Å².